The highest BCUT2D eigenvalue weighted by Gasteiger charge is 2.26. The van der Waals surface area contributed by atoms with E-state index in [-0.39, 0.29) is 24.1 Å². The molecule has 0 aromatic carbocycles. The minimum Gasteiger partial charge on any atom is -0.507 e. The second-order valence-electron chi connectivity index (χ2n) is 7.27. The first-order chi connectivity index (χ1) is 12.8. The number of aryl methyl sites for hydroxylation is 1. The van der Waals surface area contributed by atoms with Crippen molar-refractivity contribution in [3.05, 3.63) is 51.3 Å². The van der Waals surface area contributed by atoms with Crippen molar-refractivity contribution in [1.82, 2.24) is 0 Å². The number of ether oxygens (including phenoxy) is 1. The van der Waals surface area contributed by atoms with Crippen LogP contribution in [-0.4, -0.2) is 17.0 Å². The molecule has 5 nitrogen and oxygen atoms in total. The van der Waals surface area contributed by atoms with Gasteiger partial charge in [0.2, 0.25) is 0 Å². The van der Waals surface area contributed by atoms with Crippen LogP contribution in [0.3, 0.4) is 0 Å². The topological polar surface area (TPSA) is 76.7 Å². The molecule has 1 aliphatic rings. The molecule has 1 unspecified atom stereocenters. The van der Waals surface area contributed by atoms with E-state index in [0.29, 0.717) is 41.1 Å². The molecule has 0 radical (unpaired) electrons. The summed E-state index contributed by atoms with van der Waals surface area (Å²) in [4.78, 5) is 23.9. The maximum atomic E-state index is 12.1. The van der Waals surface area contributed by atoms with Crippen molar-refractivity contribution >= 4 is 11.5 Å². The number of aliphatic hydroxyl groups excluding tert-OH is 1. The van der Waals surface area contributed by atoms with Crippen LogP contribution in [0, 0.1) is 6.92 Å². The van der Waals surface area contributed by atoms with Gasteiger partial charge in [0.05, 0.1) is 11.7 Å². The van der Waals surface area contributed by atoms with Gasteiger partial charge in [0.1, 0.15) is 23.1 Å². The van der Waals surface area contributed by atoms with Crippen molar-refractivity contribution in [2.24, 2.45) is 0 Å². The minimum atomic E-state index is -0.428. The number of rotatable bonds is 9. The first kappa shape index (κ1) is 21.0. The molecule has 0 fully saturated rings. The number of unbranched alkanes of at least 4 members (excludes halogenated alkanes) is 3. The molecule has 0 saturated heterocycles. The van der Waals surface area contributed by atoms with Crippen LogP contribution in [0.1, 0.15) is 74.8 Å². The van der Waals surface area contributed by atoms with Crippen LogP contribution in [-0.2, 0) is 22.4 Å². The Morgan fingerprint density at radius 2 is 2.00 bits per heavy atom. The Morgan fingerprint density at radius 1 is 1.26 bits per heavy atom. The third kappa shape index (κ3) is 5.59. The van der Waals surface area contributed by atoms with Gasteiger partial charge in [-0.15, -0.1) is 0 Å². The van der Waals surface area contributed by atoms with Gasteiger partial charge in [-0.25, -0.2) is 4.79 Å². The number of aliphatic hydroxyl groups is 1. The minimum absolute atomic E-state index is 0.00343. The van der Waals surface area contributed by atoms with Crippen molar-refractivity contribution in [3.8, 4) is 0 Å². The molecule has 1 aliphatic carbocycles. The molecule has 0 bridgehead atoms. The summed E-state index contributed by atoms with van der Waals surface area (Å²) < 4.78 is 11.0. The molecule has 27 heavy (non-hydrogen) atoms. The Labute approximate surface area is 160 Å². The maximum absolute atomic E-state index is 12.1. The predicted octanol–water partition coefficient (Wildman–Crippen LogP) is 4.79. The Kier molecular flexibility index (Phi) is 7.45. The number of carbonyl (C=O) groups is 1. The summed E-state index contributed by atoms with van der Waals surface area (Å²) in [6.45, 7) is 9.63. The van der Waals surface area contributed by atoms with Gasteiger partial charge < -0.3 is 14.3 Å². The second kappa shape index (κ2) is 9.58. The molecule has 148 valence electrons. The van der Waals surface area contributed by atoms with E-state index in [1.807, 2.05) is 6.92 Å². The smallest absolute Gasteiger partial charge is 0.339 e. The normalized spacial score (nSPS) is 15.4. The molecule has 0 spiro atoms. The third-order valence-corrected chi connectivity index (χ3v) is 4.91. The molecular weight excluding hydrogens is 344 g/mol. The van der Waals surface area contributed by atoms with Gasteiger partial charge in [0.25, 0.3) is 0 Å². The molecule has 2 rings (SSSR count). The fourth-order valence-corrected chi connectivity index (χ4v) is 3.51. The van der Waals surface area contributed by atoms with Gasteiger partial charge in [-0.1, -0.05) is 32.8 Å². The molecule has 1 atom stereocenters. The molecule has 0 saturated carbocycles. The quantitative estimate of drug-likeness (QED) is 0.382. The standard InChI is InChI=1S/C22H30O5/c1-5-6-7-8-9-14(2)26-15(3)12-20(24)21-16(4)27-22(25)18-11-10-17(23)13-19(18)21/h12,14,24H,3,5-11,13H2,1-2,4H3/b20-12+. The van der Waals surface area contributed by atoms with Crippen LogP contribution in [0.4, 0.5) is 0 Å². The van der Waals surface area contributed by atoms with Crippen LogP contribution in [0.25, 0.3) is 5.76 Å². The summed E-state index contributed by atoms with van der Waals surface area (Å²) >= 11 is 0. The number of allylic oxidation sites excluding steroid dienone is 1. The summed E-state index contributed by atoms with van der Waals surface area (Å²) in [5.41, 5.74) is 1.01. The largest absolute Gasteiger partial charge is 0.507 e. The Bertz CT molecular complexity index is 785. The number of fused-ring (bicyclic) bond motifs is 1. The van der Waals surface area contributed by atoms with E-state index >= 15 is 0 Å². The fraction of sp³-hybridized carbons (Fsp3) is 0.545. The van der Waals surface area contributed by atoms with Crippen LogP contribution >= 0.6 is 0 Å². The Morgan fingerprint density at radius 3 is 2.70 bits per heavy atom. The SMILES string of the molecule is C=C(/C=C(/O)c1c(C)oc(=O)c2c1CC(=O)CC2)OC(C)CCCCCC. The van der Waals surface area contributed by atoms with Crippen LogP contribution in [0.15, 0.2) is 27.6 Å². The average Bonchev–Trinajstić information content (AvgIpc) is 2.58. The highest BCUT2D eigenvalue weighted by molar-refractivity contribution is 5.85. The first-order valence-corrected chi connectivity index (χ1v) is 9.77. The van der Waals surface area contributed by atoms with Gasteiger partial charge in [-0.2, -0.15) is 0 Å². The monoisotopic (exact) mass is 374 g/mol. The van der Waals surface area contributed by atoms with E-state index in [1.165, 1.54) is 25.3 Å². The van der Waals surface area contributed by atoms with E-state index in [2.05, 4.69) is 13.5 Å². The number of hydrogen-bond donors (Lipinski definition) is 1. The van der Waals surface area contributed by atoms with Gasteiger partial charge in [-0.3, -0.25) is 4.79 Å². The van der Waals surface area contributed by atoms with Gasteiger partial charge >= 0.3 is 5.63 Å². The van der Waals surface area contributed by atoms with Gasteiger partial charge in [0, 0.05) is 24.5 Å². The summed E-state index contributed by atoms with van der Waals surface area (Å²) in [5.74, 6) is 0.599. The number of ketones is 1. The van der Waals surface area contributed by atoms with E-state index in [0.717, 1.165) is 12.8 Å². The fourth-order valence-electron chi connectivity index (χ4n) is 3.51. The molecule has 0 amide bonds. The first-order valence-electron chi connectivity index (χ1n) is 9.77. The van der Waals surface area contributed by atoms with E-state index in [9.17, 15) is 14.7 Å². The van der Waals surface area contributed by atoms with E-state index in [1.54, 1.807) is 6.92 Å². The second-order valence-corrected chi connectivity index (χ2v) is 7.27. The number of carbonyl (C=O) groups excluding carboxylic acids is 1. The molecule has 1 aromatic rings. The summed E-state index contributed by atoms with van der Waals surface area (Å²) in [5, 5.41) is 10.6. The lowest BCUT2D eigenvalue weighted by Crippen LogP contribution is -2.23. The summed E-state index contributed by atoms with van der Waals surface area (Å²) in [6, 6.07) is 0. The van der Waals surface area contributed by atoms with Crippen molar-refractivity contribution in [2.45, 2.75) is 78.2 Å². The number of hydrogen-bond acceptors (Lipinski definition) is 5. The lowest BCUT2D eigenvalue weighted by molar-refractivity contribution is -0.118. The van der Waals surface area contributed by atoms with Crippen LogP contribution in [0.2, 0.25) is 0 Å². The van der Waals surface area contributed by atoms with Crippen molar-refractivity contribution < 1.29 is 19.1 Å². The van der Waals surface area contributed by atoms with Crippen molar-refractivity contribution in [3.63, 3.8) is 0 Å². The zero-order valence-electron chi connectivity index (χ0n) is 16.6. The molecule has 1 heterocycles. The zero-order chi connectivity index (χ0) is 20.0. The predicted molar refractivity (Wildman–Crippen MR) is 106 cm³/mol. The van der Waals surface area contributed by atoms with Crippen LogP contribution in [0.5, 0.6) is 0 Å². The summed E-state index contributed by atoms with van der Waals surface area (Å²) in [7, 11) is 0. The average molecular weight is 374 g/mol. The highest BCUT2D eigenvalue weighted by Crippen LogP contribution is 2.28. The molecule has 5 heteroatoms. The Balaban J connectivity index is 2.15. The van der Waals surface area contributed by atoms with Crippen LogP contribution < -0.4 is 5.63 Å². The Hall–Kier alpha value is -2.30. The summed E-state index contributed by atoms with van der Waals surface area (Å²) in [6.07, 6.45) is 7.87. The number of Topliss-reactive ketones (excluding diaryl/α,β-unsaturated/α-hetero) is 1. The lowest BCUT2D eigenvalue weighted by Gasteiger charge is -2.19. The molecular formula is C22H30O5. The highest BCUT2D eigenvalue weighted by atomic mass is 16.5. The van der Waals surface area contributed by atoms with E-state index < -0.39 is 5.63 Å². The van der Waals surface area contributed by atoms with Gasteiger partial charge in [0.15, 0.2) is 0 Å². The third-order valence-electron chi connectivity index (χ3n) is 4.91. The van der Waals surface area contributed by atoms with Crippen molar-refractivity contribution in [2.75, 3.05) is 0 Å². The van der Waals surface area contributed by atoms with Gasteiger partial charge in [-0.05, 0) is 38.7 Å². The maximum Gasteiger partial charge on any atom is 0.339 e. The molecule has 0 aliphatic heterocycles. The zero-order valence-corrected chi connectivity index (χ0v) is 16.6. The van der Waals surface area contributed by atoms with Crippen molar-refractivity contribution in [1.29, 1.82) is 0 Å². The lowest BCUT2D eigenvalue weighted by atomic mass is 9.88. The molecule has 1 aromatic heterocycles. The molecule has 1 N–H and O–H groups in total. The van der Waals surface area contributed by atoms with E-state index in [4.69, 9.17) is 9.15 Å².